The summed E-state index contributed by atoms with van der Waals surface area (Å²) in [5.74, 6) is 0. The van der Waals surface area contributed by atoms with Gasteiger partial charge in [-0.2, -0.15) is 0 Å². The number of halogens is 1. The summed E-state index contributed by atoms with van der Waals surface area (Å²) < 4.78 is 1.17. The minimum Gasteiger partial charge on any atom is -0.362 e. The van der Waals surface area contributed by atoms with E-state index < -0.39 is 0 Å². The molecule has 2 rings (SSSR count). The highest BCUT2D eigenvalue weighted by Crippen LogP contribution is 2.32. The Balaban J connectivity index is 2.09. The Kier molecular flexibility index (Phi) is 3.69. The van der Waals surface area contributed by atoms with Crippen molar-refractivity contribution >= 4 is 32.3 Å². The smallest absolute Gasteiger partial charge is 0.0920 e. The average Bonchev–Trinajstić information content (AvgIpc) is 2.65. The van der Waals surface area contributed by atoms with Crippen molar-refractivity contribution in [2.75, 3.05) is 11.9 Å². The maximum Gasteiger partial charge on any atom is 0.0920 e. The van der Waals surface area contributed by atoms with Crippen LogP contribution in [0.1, 0.15) is 25.7 Å². The van der Waals surface area contributed by atoms with Crippen molar-refractivity contribution < 1.29 is 0 Å². The van der Waals surface area contributed by atoms with Gasteiger partial charge in [0, 0.05) is 29.0 Å². The van der Waals surface area contributed by atoms with Gasteiger partial charge in [0.1, 0.15) is 0 Å². The molecule has 1 aliphatic carbocycles. The van der Waals surface area contributed by atoms with E-state index in [9.17, 15) is 0 Å². The lowest BCUT2D eigenvalue weighted by atomic mass is 9.90. The van der Waals surface area contributed by atoms with Crippen LogP contribution in [0.2, 0.25) is 0 Å². The Labute approximate surface area is 104 Å². The number of hydrogen-bond donors (Lipinski definition) is 1. The molecule has 1 aromatic heterocycles. The summed E-state index contributed by atoms with van der Waals surface area (Å²) in [6.45, 7) is 0. The van der Waals surface area contributed by atoms with Crippen LogP contribution in [0.15, 0.2) is 15.9 Å². The largest absolute Gasteiger partial charge is 0.362 e. The maximum absolute atomic E-state index is 6.18. The van der Waals surface area contributed by atoms with Crippen LogP contribution in [-0.2, 0) is 0 Å². The van der Waals surface area contributed by atoms with Crippen LogP contribution in [0.4, 0.5) is 5.00 Å². The van der Waals surface area contributed by atoms with Gasteiger partial charge in [-0.15, -0.1) is 11.3 Å². The predicted molar refractivity (Wildman–Crippen MR) is 70.7 cm³/mol. The summed E-state index contributed by atoms with van der Waals surface area (Å²) in [6.07, 6.45) is 5.00. The Bertz CT molecular complexity index is 326. The maximum atomic E-state index is 6.18. The first-order valence-electron chi connectivity index (χ1n) is 5.41. The van der Waals surface area contributed by atoms with Crippen LogP contribution in [0, 0.1) is 0 Å². The molecule has 0 saturated heterocycles. The number of nitrogens with zero attached hydrogens (tertiary/aromatic N) is 1. The fourth-order valence-corrected chi connectivity index (χ4v) is 3.72. The van der Waals surface area contributed by atoms with Crippen LogP contribution < -0.4 is 10.6 Å². The molecule has 1 fully saturated rings. The van der Waals surface area contributed by atoms with Gasteiger partial charge in [-0.3, -0.25) is 0 Å². The standard InChI is InChI=1S/C11H17BrN2S/c1-14(11-6-8(12)7-15-11)10-5-3-2-4-9(10)13/h6-7,9-10H,2-5,13H2,1H3. The zero-order valence-corrected chi connectivity index (χ0v) is 11.4. The Morgan fingerprint density at radius 2 is 2.20 bits per heavy atom. The molecule has 84 valence electrons. The summed E-state index contributed by atoms with van der Waals surface area (Å²) in [7, 11) is 2.16. The van der Waals surface area contributed by atoms with Gasteiger partial charge < -0.3 is 10.6 Å². The fraction of sp³-hybridized carbons (Fsp3) is 0.636. The Morgan fingerprint density at radius 3 is 2.80 bits per heavy atom. The zero-order chi connectivity index (χ0) is 10.8. The van der Waals surface area contributed by atoms with Crippen LogP contribution >= 0.6 is 27.3 Å². The summed E-state index contributed by atoms with van der Waals surface area (Å²) in [4.78, 5) is 2.35. The first kappa shape index (κ1) is 11.4. The lowest BCUT2D eigenvalue weighted by molar-refractivity contribution is 0.374. The topological polar surface area (TPSA) is 29.3 Å². The molecule has 15 heavy (non-hydrogen) atoms. The highest BCUT2D eigenvalue weighted by Gasteiger charge is 2.26. The Hall–Kier alpha value is -0.0600. The van der Waals surface area contributed by atoms with E-state index in [2.05, 4.69) is 39.3 Å². The molecule has 1 saturated carbocycles. The lowest BCUT2D eigenvalue weighted by Gasteiger charge is -2.36. The molecule has 0 spiro atoms. The molecule has 4 heteroatoms. The fourth-order valence-electron chi connectivity index (χ4n) is 2.27. The summed E-state index contributed by atoms with van der Waals surface area (Å²) in [6, 6.07) is 3.03. The first-order chi connectivity index (χ1) is 7.18. The number of hydrogen-bond acceptors (Lipinski definition) is 3. The van der Waals surface area contributed by atoms with E-state index in [1.165, 1.54) is 35.2 Å². The second kappa shape index (κ2) is 4.85. The van der Waals surface area contributed by atoms with E-state index in [1.54, 1.807) is 11.3 Å². The summed E-state index contributed by atoms with van der Waals surface area (Å²) in [5, 5.41) is 3.43. The molecule has 2 atom stereocenters. The van der Waals surface area contributed by atoms with Gasteiger partial charge in [0.05, 0.1) is 5.00 Å². The molecule has 0 aliphatic heterocycles. The third-order valence-electron chi connectivity index (χ3n) is 3.18. The SMILES string of the molecule is CN(c1cc(Br)cs1)C1CCCCC1N. The van der Waals surface area contributed by atoms with Gasteiger partial charge in [0.2, 0.25) is 0 Å². The number of likely N-dealkylation sites (N-methyl/N-ethyl adjacent to an activating group) is 1. The van der Waals surface area contributed by atoms with Gasteiger partial charge in [-0.05, 0) is 34.8 Å². The first-order valence-corrected chi connectivity index (χ1v) is 7.08. The van der Waals surface area contributed by atoms with Crippen LogP contribution in [0.5, 0.6) is 0 Å². The van der Waals surface area contributed by atoms with Crippen molar-refractivity contribution in [1.29, 1.82) is 0 Å². The van der Waals surface area contributed by atoms with E-state index in [-0.39, 0.29) is 0 Å². The number of thiophene rings is 1. The van der Waals surface area contributed by atoms with Crippen molar-refractivity contribution in [2.45, 2.75) is 37.8 Å². The van der Waals surface area contributed by atoms with Crippen molar-refractivity contribution in [2.24, 2.45) is 5.73 Å². The molecule has 1 heterocycles. The van der Waals surface area contributed by atoms with Gasteiger partial charge in [0.15, 0.2) is 0 Å². The third-order valence-corrected chi connectivity index (χ3v) is 4.96. The quantitative estimate of drug-likeness (QED) is 0.905. The van der Waals surface area contributed by atoms with E-state index >= 15 is 0 Å². The van der Waals surface area contributed by atoms with Crippen molar-refractivity contribution in [3.05, 3.63) is 15.9 Å². The minimum atomic E-state index is 0.338. The summed E-state index contributed by atoms with van der Waals surface area (Å²) >= 11 is 5.27. The van der Waals surface area contributed by atoms with Crippen LogP contribution in [0.25, 0.3) is 0 Å². The molecule has 1 aliphatic rings. The molecular weight excluding hydrogens is 272 g/mol. The van der Waals surface area contributed by atoms with Crippen molar-refractivity contribution in [3.8, 4) is 0 Å². The molecule has 2 N–H and O–H groups in total. The number of anilines is 1. The molecule has 2 unspecified atom stereocenters. The van der Waals surface area contributed by atoms with E-state index in [0.717, 1.165) is 0 Å². The van der Waals surface area contributed by atoms with Gasteiger partial charge in [-0.1, -0.05) is 12.8 Å². The number of nitrogens with two attached hydrogens (primary N) is 1. The third kappa shape index (κ3) is 2.55. The highest BCUT2D eigenvalue weighted by atomic mass is 79.9. The minimum absolute atomic E-state index is 0.338. The molecule has 0 bridgehead atoms. The van der Waals surface area contributed by atoms with E-state index in [4.69, 9.17) is 5.73 Å². The molecule has 2 nitrogen and oxygen atoms in total. The van der Waals surface area contributed by atoms with Crippen LogP contribution in [0.3, 0.4) is 0 Å². The number of rotatable bonds is 2. The van der Waals surface area contributed by atoms with Gasteiger partial charge >= 0.3 is 0 Å². The van der Waals surface area contributed by atoms with Crippen molar-refractivity contribution in [3.63, 3.8) is 0 Å². The molecule has 1 aromatic rings. The van der Waals surface area contributed by atoms with Gasteiger partial charge in [-0.25, -0.2) is 0 Å². The molecule has 0 aromatic carbocycles. The highest BCUT2D eigenvalue weighted by molar-refractivity contribution is 9.10. The van der Waals surface area contributed by atoms with E-state index in [0.29, 0.717) is 12.1 Å². The normalized spacial score (nSPS) is 26.6. The zero-order valence-electron chi connectivity index (χ0n) is 8.95. The van der Waals surface area contributed by atoms with Crippen LogP contribution in [-0.4, -0.2) is 19.1 Å². The molecule has 0 radical (unpaired) electrons. The monoisotopic (exact) mass is 288 g/mol. The Morgan fingerprint density at radius 1 is 1.47 bits per heavy atom. The average molecular weight is 289 g/mol. The lowest BCUT2D eigenvalue weighted by Crippen LogP contribution is -2.47. The summed E-state index contributed by atoms with van der Waals surface area (Å²) in [5.41, 5.74) is 6.18. The van der Waals surface area contributed by atoms with Crippen molar-refractivity contribution in [1.82, 2.24) is 0 Å². The van der Waals surface area contributed by atoms with Gasteiger partial charge in [0.25, 0.3) is 0 Å². The van der Waals surface area contributed by atoms with E-state index in [1.807, 2.05) is 0 Å². The second-order valence-electron chi connectivity index (χ2n) is 4.23. The second-order valence-corrected chi connectivity index (χ2v) is 6.04. The molecular formula is C11H17BrN2S. The predicted octanol–water partition coefficient (Wildman–Crippen LogP) is 3.22. The molecule has 0 amide bonds.